The fourth-order valence-corrected chi connectivity index (χ4v) is 1.90. The molecule has 18 heavy (non-hydrogen) atoms. The Kier molecular flexibility index (Phi) is 3.82. The molecule has 1 aliphatic heterocycles. The number of esters is 1. The van der Waals surface area contributed by atoms with Crippen LogP contribution in [0.2, 0.25) is 0 Å². The minimum Gasteiger partial charge on any atom is -0.497 e. The second kappa shape index (κ2) is 5.53. The summed E-state index contributed by atoms with van der Waals surface area (Å²) < 4.78 is 10.1. The largest absolute Gasteiger partial charge is 0.497 e. The molecule has 96 valence electrons. The molecule has 0 radical (unpaired) electrons. The summed E-state index contributed by atoms with van der Waals surface area (Å²) in [4.78, 5) is 11.7. The molecule has 0 amide bonds. The van der Waals surface area contributed by atoms with Crippen molar-refractivity contribution in [1.82, 2.24) is 5.43 Å². The van der Waals surface area contributed by atoms with Crippen LogP contribution >= 0.6 is 0 Å². The molecule has 2 rings (SSSR count). The predicted molar refractivity (Wildman–Crippen MR) is 67.8 cm³/mol. The van der Waals surface area contributed by atoms with Gasteiger partial charge in [0.1, 0.15) is 5.75 Å². The van der Waals surface area contributed by atoms with Crippen molar-refractivity contribution in [2.45, 2.75) is 12.8 Å². The van der Waals surface area contributed by atoms with Crippen molar-refractivity contribution < 1.29 is 14.3 Å². The van der Waals surface area contributed by atoms with Gasteiger partial charge in [0.15, 0.2) is 5.71 Å². The lowest BCUT2D eigenvalue weighted by Gasteiger charge is -2.11. The number of nitrogens with one attached hydrogen (secondary N) is 1. The van der Waals surface area contributed by atoms with Crippen molar-refractivity contribution in [1.29, 1.82) is 0 Å². The van der Waals surface area contributed by atoms with Crippen LogP contribution in [0.1, 0.15) is 18.4 Å². The highest BCUT2D eigenvalue weighted by Gasteiger charge is 2.29. The summed E-state index contributed by atoms with van der Waals surface area (Å²) in [6.07, 6.45) is 0. The molecule has 5 nitrogen and oxygen atoms in total. The monoisotopic (exact) mass is 248 g/mol. The summed E-state index contributed by atoms with van der Waals surface area (Å²) in [6, 6.07) is 7.61. The lowest BCUT2D eigenvalue weighted by Crippen LogP contribution is -2.23. The average Bonchev–Trinajstić information content (AvgIpc) is 2.88. The number of carbonyl (C=O) groups is 1. The SMILES string of the molecule is CCOC(=O)C1=NNCC1c1ccc(OC)cc1. The standard InChI is InChI=1S/C13H16N2O3/c1-3-18-13(16)12-11(8-14-15-12)9-4-6-10(17-2)7-5-9/h4-7,11,14H,3,8H2,1-2H3. The third kappa shape index (κ3) is 2.45. The van der Waals surface area contributed by atoms with Gasteiger partial charge in [-0.3, -0.25) is 0 Å². The van der Waals surface area contributed by atoms with Crippen LogP contribution in [0, 0.1) is 0 Å². The second-order valence-corrected chi connectivity index (χ2v) is 3.91. The molecule has 1 aromatic rings. The van der Waals surface area contributed by atoms with E-state index in [0.717, 1.165) is 11.3 Å². The van der Waals surface area contributed by atoms with Crippen LogP contribution in [-0.4, -0.2) is 31.9 Å². The molecule has 1 atom stereocenters. The maximum absolute atomic E-state index is 11.7. The van der Waals surface area contributed by atoms with E-state index < -0.39 is 0 Å². The van der Waals surface area contributed by atoms with Crippen molar-refractivity contribution in [3.8, 4) is 5.75 Å². The molecule has 1 aromatic carbocycles. The van der Waals surface area contributed by atoms with Crippen LogP contribution in [0.5, 0.6) is 5.75 Å². The molecule has 0 saturated carbocycles. The van der Waals surface area contributed by atoms with Crippen LogP contribution in [0.4, 0.5) is 0 Å². The maximum atomic E-state index is 11.7. The smallest absolute Gasteiger partial charge is 0.355 e. The molecule has 0 saturated heterocycles. The minimum atomic E-state index is -0.358. The molecular weight excluding hydrogens is 232 g/mol. The van der Waals surface area contributed by atoms with Crippen molar-refractivity contribution in [3.05, 3.63) is 29.8 Å². The van der Waals surface area contributed by atoms with Crippen LogP contribution in [-0.2, 0) is 9.53 Å². The normalized spacial score (nSPS) is 17.9. The minimum absolute atomic E-state index is 0.0602. The Labute approximate surface area is 106 Å². The quantitative estimate of drug-likeness (QED) is 0.816. The van der Waals surface area contributed by atoms with Crippen molar-refractivity contribution in [2.75, 3.05) is 20.3 Å². The number of rotatable bonds is 4. The average molecular weight is 248 g/mol. The molecular formula is C13H16N2O3. The third-order valence-electron chi connectivity index (χ3n) is 2.83. The van der Waals surface area contributed by atoms with E-state index in [1.54, 1.807) is 14.0 Å². The molecule has 1 N–H and O–H groups in total. The van der Waals surface area contributed by atoms with Gasteiger partial charge in [0, 0.05) is 6.54 Å². The molecule has 0 aromatic heterocycles. The van der Waals surface area contributed by atoms with Crippen LogP contribution in [0.3, 0.4) is 0 Å². The zero-order valence-electron chi connectivity index (χ0n) is 10.5. The molecule has 0 bridgehead atoms. The van der Waals surface area contributed by atoms with Crippen LogP contribution < -0.4 is 10.2 Å². The summed E-state index contributed by atoms with van der Waals surface area (Å²) in [5.74, 6) is 0.373. The third-order valence-corrected chi connectivity index (χ3v) is 2.83. The number of nitrogens with zero attached hydrogens (tertiary/aromatic N) is 1. The van der Waals surface area contributed by atoms with E-state index in [9.17, 15) is 4.79 Å². The van der Waals surface area contributed by atoms with E-state index in [1.165, 1.54) is 0 Å². The van der Waals surface area contributed by atoms with Crippen molar-refractivity contribution >= 4 is 11.7 Å². The first-order valence-corrected chi connectivity index (χ1v) is 5.87. The summed E-state index contributed by atoms with van der Waals surface area (Å²) in [6.45, 7) is 2.75. The number of hydrogen-bond donors (Lipinski definition) is 1. The van der Waals surface area contributed by atoms with E-state index in [2.05, 4.69) is 10.5 Å². The first kappa shape index (κ1) is 12.4. The highest BCUT2D eigenvalue weighted by Crippen LogP contribution is 2.23. The molecule has 1 aliphatic rings. The fraction of sp³-hybridized carbons (Fsp3) is 0.385. The Balaban J connectivity index is 2.16. The Morgan fingerprint density at radius 3 is 2.78 bits per heavy atom. The van der Waals surface area contributed by atoms with Gasteiger partial charge in [0.25, 0.3) is 0 Å². The van der Waals surface area contributed by atoms with Crippen LogP contribution in [0.15, 0.2) is 29.4 Å². The first-order valence-electron chi connectivity index (χ1n) is 5.87. The van der Waals surface area contributed by atoms with E-state index in [4.69, 9.17) is 9.47 Å². The zero-order chi connectivity index (χ0) is 13.0. The van der Waals surface area contributed by atoms with Gasteiger partial charge in [-0.15, -0.1) is 0 Å². The van der Waals surface area contributed by atoms with Gasteiger partial charge in [-0.1, -0.05) is 12.1 Å². The van der Waals surface area contributed by atoms with Gasteiger partial charge in [-0.05, 0) is 24.6 Å². The zero-order valence-corrected chi connectivity index (χ0v) is 10.5. The fourth-order valence-electron chi connectivity index (χ4n) is 1.90. The highest BCUT2D eigenvalue weighted by atomic mass is 16.5. The Bertz CT molecular complexity index is 454. The molecule has 0 aliphatic carbocycles. The van der Waals surface area contributed by atoms with Crippen molar-refractivity contribution in [2.24, 2.45) is 5.10 Å². The van der Waals surface area contributed by atoms with Gasteiger partial charge in [-0.25, -0.2) is 4.79 Å². The van der Waals surface area contributed by atoms with E-state index in [1.807, 2.05) is 24.3 Å². The lowest BCUT2D eigenvalue weighted by atomic mass is 9.95. The predicted octanol–water partition coefficient (Wildman–Crippen LogP) is 1.30. The van der Waals surface area contributed by atoms with E-state index in [-0.39, 0.29) is 11.9 Å². The highest BCUT2D eigenvalue weighted by molar-refractivity contribution is 6.39. The number of ether oxygens (including phenoxy) is 2. The summed E-state index contributed by atoms with van der Waals surface area (Å²) in [7, 11) is 1.62. The van der Waals surface area contributed by atoms with Gasteiger partial charge in [0.05, 0.1) is 19.6 Å². The van der Waals surface area contributed by atoms with Gasteiger partial charge in [-0.2, -0.15) is 5.10 Å². The van der Waals surface area contributed by atoms with E-state index >= 15 is 0 Å². The summed E-state index contributed by atoms with van der Waals surface area (Å²) >= 11 is 0. The van der Waals surface area contributed by atoms with Gasteiger partial charge < -0.3 is 14.9 Å². The summed E-state index contributed by atoms with van der Waals surface area (Å²) in [5, 5.41) is 4.02. The Hall–Kier alpha value is -2.04. The number of carbonyl (C=O) groups excluding carboxylic acids is 1. The topological polar surface area (TPSA) is 59.9 Å². The molecule has 1 unspecified atom stereocenters. The second-order valence-electron chi connectivity index (χ2n) is 3.91. The molecule has 5 heteroatoms. The Morgan fingerprint density at radius 2 is 2.17 bits per heavy atom. The van der Waals surface area contributed by atoms with E-state index in [0.29, 0.717) is 18.9 Å². The van der Waals surface area contributed by atoms with Crippen LogP contribution in [0.25, 0.3) is 0 Å². The van der Waals surface area contributed by atoms with Gasteiger partial charge in [0.2, 0.25) is 0 Å². The molecule has 0 fully saturated rings. The number of hydrazone groups is 1. The van der Waals surface area contributed by atoms with Crippen molar-refractivity contribution in [3.63, 3.8) is 0 Å². The number of methoxy groups -OCH3 is 1. The first-order chi connectivity index (χ1) is 8.76. The number of benzene rings is 1. The maximum Gasteiger partial charge on any atom is 0.355 e. The lowest BCUT2D eigenvalue weighted by molar-refractivity contribution is -0.135. The van der Waals surface area contributed by atoms with Gasteiger partial charge >= 0.3 is 5.97 Å². The molecule has 1 heterocycles. The number of hydrogen-bond acceptors (Lipinski definition) is 5. The molecule has 0 spiro atoms. The summed E-state index contributed by atoms with van der Waals surface area (Å²) in [5.41, 5.74) is 4.30. The Morgan fingerprint density at radius 1 is 1.44 bits per heavy atom.